The molecule has 2 aliphatic rings. The van der Waals surface area contributed by atoms with Crippen molar-refractivity contribution in [2.75, 3.05) is 19.8 Å². The lowest BCUT2D eigenvalue weighted by Gasteiger charge is -2.25. The van der Waals surface area contributed by atoms with E-state index in [4.69, 9.17) is 9.15 Å². The van der Waals surface area contributed by atoms with Crippen LogP contribution in [0.4, 0.5) is 0 Å². The Labute approximate surface area is 139 Å². The van der Waals surface area contributed by atoms with E-state index in [2.05, 4.69) is 9.97 Å². The van der Waals surface area contributed by atoms with Gasteiger partial charge in [-0.25, -0.2) is 9.97 Å². The summed E-state index contributed by atoms with van der Waals surface area (Å²) in [6, 6.07) is 3.06. The van der Waals surface area contributed by atoms with Crippen molar-refractivity contribution in [3.8, 4) is 5.75 Å². The van der Waals surface area contributed by atoms with Crippen molar-refractivity contribution in [3.05, 3.63) is 41.4 Å². The normalized spacial score (nSPS) is 18.4. The van der Waals surface area contributed by atoms with Crippen molar-refractivity contribution in [2.24, 2.45) is 0 Å². The third-order valence-corrected chi connectivity index (χ3v) is 4.59. The van der Waals surface area contributed by atoms with Crippen molar-refractivity contribution in [3.63, 3.8) is 0 Å². The average molecular weight is 329 g/mol. The van der Waals surface area contributed by atoms with Gasteiger partial charge in [-0.15, -0.1) is 0 Å². The maximum Gasteiger partial charge on any atom is 0.276 e. The topological polar surface area (TPSA) is 88.7 Å². The van der Waals surface area contributed by atoms with E-state index in [0.29, 0.717) is 25.4 Å². The number of aromatic hydroxyl groups is 1. The number of hydrogen-bond donors (Lipinski definition) is 1. The third kappa shape index (κ3) is 2.75. The second-order valence-corrected chi connectivity index (χ2v) is 6.16. The molecular formula is C17H19N3O4. The zero-order valence-corrected chi connectivity index (χ0v) is 13.3. The minimum absolute atomic E-state index is 0.0779. The highest BCUT2D eigenvalue weighted by molar-refractivity contribution is 5.94. The lowest BCUT2D eigenvalue weighted by Crippen LogP contribution is -2.36. The van der Waals surface area contributed by atoms with Gasteiger partial charge in [0.2, 0.25) is 0 Å². The summed E-state index contributed by atoms with van der Waals surface area (Å²) in [7, 11) is 0. The molecule has 1 N–H and O–H groups in total. The summed E-state index contributed by atoms with van der Waals surface area (Å²) in [6.45, 7) is 2.39. The van der Waals surface area contributed by atoms with Gasteiger partial charge in [0.25, 0.3) is 5.91 Å². The van der Waals surface area contributed by atoms with Crippen LogP contribution in [0.5, 0.6) is 5.75 Å². The van der Waals surface area contributed by atoms with Crippen LogP contribution in [-0.4, -0.2) is 45.6 Å². The molecule has 7 heteroatoms. The molecule has 4 heterocycles. The van der Waals surface area contributed by atoms with E-state index < -0.39 is 0 Å². The summed E-state index contributed by atoms with van der Waals surface area (Å²) in [5, 5.41) is 9.83. The lowest BCUT2D eigenvalue weighted by molar-refractivity contribution is 0.0716. The van der Waals surface area contributed by atoms with Gasteiger partial charge in [-0.2, -0.15) is 0 Å². The molecule has 1 saturated heterocycles. The molecule has 0 radical (unpaired) electrons. The van der Waals surface area contributed by atoms with Gasteiger partial charge in [-0.1, -0.05) is 0 Å². The molecule has 2 aromatic heterocycles. The Morgan fingerprint density at radius 2 is 2.17 bits per heavy atom. The van der Waals surface area contributed by atoms with E-state index in [9.17, 15) is 9.90 Å². The molecule has 0 bridgehead atoms. The maximum atomic E-state index is 12.6. The number of nitrogens with zero attached hydrogens (tertiary/aromatic N) is 3. The number of oxazole rings is 1. The van der Waals surface area contributed by atoms with Crippen LogP contribution >= 0.6 is 0 Å². The van der Waals surface area contributed by atoms with Crippen molar-refractivity contribution in [2.45, 2.75) is 31.7 Å². The first-order valence-corrected chi connectivity index (χ1v) is 8.22. The fraction of sp³-hybridized carbons (Fsp3) is 0.471. The quantitative estimate of drug-likeness (QED) is 0.905. The van der Waals surface area contributed by atoms with Crippen molar-refractivity contribution in [1.29, 1.82) is 0 Å². The first kappa shape index (κ1) is 15.1. The van der Waals surface area contributed by atoms with Gasteiger partial charge in [-0.05, 0) is 25.0 Å². The predicted octanol–water partition coefficient (Wildman–Crippen LogP) is 1.87. The van der Waals surface area contributed by atoms with Crippen LogP contribution in [0.3, 0.4) is 0 Å². The molecule has 0 saturated carbocycles. The Bertz CT molecular complexity index is 752. The highest BCUT2D eigenvalue weighted by Gasteiger charge is 2.30. The summed E-state index contributed by atoms with van der Waals surface area (Å²) in [5.74, 6) is 1.54. The fourth-order valence-electron chi connectivity index (χ4n) is 3.22. The molecule has 126 valence electrons. The first-order valence-electron chi connectivity index (χ1n) is 8.22. The predicted molar refractivity (Wildman–Crippen MR) is 83.6 cm³/mol. The van der Waals surface area contributed by atoms with Gasteiger partial charge < -0.3 is 19.2 Å². The number of carbonyl (C=O) groups excluding carboxylic acids is 1. The van der Waals surface area contributed by atoms with Gasteiger partial charge in [0.1, 0.15) is 17.2 Å². The monoisotopic (exact) mass is 329 g/mol. The molecule has 2 aliphatic heterocycles. The van der Waals surface area contributed by atoms with E-state index in [1.807, 2.05) is 0 Å². The molecule has 4 rings (SSSR count). The van der Waals surface area contributed by atoms with Gasteiger partial charge in [0.15, 0.2) is 11.6 Å². The molecule has 1 amide bonds. The van der Waals surface area contributed by atoms with Crippen LogP contribution in [0.15, 0.2) is 22.7 Å². The van der Waals surface area contributed by atoms with E-state index >= 15 is 0 Å². The first-order chi connectivity index (χ1) is 11.7. The van der Waals surface area contributed by atoms with E-state index in [1.165, 1.54) is 12.3 Å². The number of ether oxygens (including phenoxy) is 1. The van der Waals surface area contributed by atoms with E-state index in [0.717, 1.165) is 43.4 Å². The summed E-state index contributed by atoms with van der Waals surface area (Å²) in [5.41, 5.74) is 0.889. The largest absolute Gasteiger partial charge is 0.505 e. The Balaban J connectivity index is 1.52. The van der Waals surface area contributed by atoms with Gasteiger partial charge in [0, 0.05) is 38.3 Å². The molecule has 1 fully saturated rings. The lowest BCUT2D eigenvalue weighted by atomic mass is 10.0. The number of fused-ring (bicyclic) bond motifs is 1. The van der Waals surface area contributed by atoms with E-state index in [-0.39, 0.29) is 17.4 Å². The highest BCUT2D eigenvalue weighted by atomic mass is 16.5. The van der Waals surface area contributed by atoms with Crippen LogP contribution in [0.25, 0.3) is 0 Å². The molecule has 0 atom stereocenters. The summed E-state index contributed by atoms with van der Waals surface area (Å²) < 4.78 is 11.3. The second kappa shape index (κ2) is 6.24. The number of amides is 1. The molecule has 2 aromatic rings. The molecule has 0 unspecified atom stereocenters. The SMILES string of the molecule is O=C(c1ncccc1O)N1CCc2oc(C3CCOCC3)nc2C1. The highest BCUT2D eigenvalue weighted by Crippen LogP contribution is 2.30. The van der Waals surface area contributed by atoms with Gasteiger partial charge >= 0.3 is 0 Å². The minimum atomic E-state index is -0.283. The van der Waals surface area contributed by atoms with Crippen LogP contribution in [0, 0.1) is 0 Å². The summed E-state index contributed by atoms with van der Waals surface area (Å²) in [6.07, 6.45) is 3.97. The molecule has 0 spiro atoms. The Morgan fingerprint density at radius 1 is 1.33 bits per heavy atom. The smallest absolute Gasteiger partial charge is 0.276 e. The van der Waals surface area contributed by atoms with Crippen LogP contribution < -0.4 is 0 Å². The number of aromatic nitrogens is 2. The maximum absolute atomic E-state index is 12.6. The number of pyridine rings is 1. The molecular weight excluding hydrogens is 310 g/mol. The third-order valence-electron chi connectivity index (χ3n) is 4.59. The van der Waals surface area contributed by atoms with Gasteiger partial charge in [-0.3, -0.25) is 4.79 Å². The number of carbonyl (C=O) groups is 1. The summed E-state index contributed by atoms with van der Waals surface area (Å²) >= 11 is 0. The van der Waals surface area contributed by atoms with Gasteiger partial charge in [0.05, 0.1) is 6.54 Å². The Kier molecular flexibility index (Phi) is 3.93. The van der Waals surface area contributed by atoms with Crippen LogP contribution in [0.1, 0.15) is 46.6 Å². The molecule has 0 aliphatic carbocycles. The minimum Gasteiger partial charge on any atom is -0.505 e. The standard InChI is InChI=1S/C17H19N3O4/c21-13-2-1-6-18-15(13)17(22)20-7-3-14-12(10-20)19-16(24-14)11-4-8-23-9-5-11/h1-2,6,11,21H,3-5,7-10H2. The molecule has 7 nitrogen and oxygen atoms in total. The van der Waals surface area contributed by atoms with Crippen molar-refractivity contribution in [1.82, 2.24) is 14.9 Å². The summed E-state index contributed by atoms with van der Waals surface area (Å²) in [4.78, 5) is 22.8. The van der Waals surface area contributed by atoms with Crippen LogP contribution in [0.2, 0.25) is 0 Å². The molecule has 24 heavy (non-hydrogen) atoms. The van der Waals surface area contributed by atoms with Crippen molar-refractivity contribution < 1.29 is 19.1 Å². The number of hydrogen-bond acceptors (Lipinski definition) is 6. The average Bonchev–Trinajstić information content (AvgIpc) is 3.05. The fourth-order valence-corrected chi connectivity index (χ4v) is 3.22. The number of rotatable bonds is 2. The zero-order chi connectivity index (χ0) is 16.5. The van der Waals surface area contributed by atoms with E-state index in [1.54, 1.807) is 11.0 Å². The molecule has 0 aromatic carbocycles. The second-order valence-electron chi connectivity index (χ2n) is 6.16. The van der Waals surface area contributed by atoms with Crippen molar-refractivity contribution >= 4 is 5.91 Å². The zero-order valence-electron chi connectivity index (χ0n) is 13.3. The van der Waals surface area contributed by atoms with Crippen LogP contribution in [-0.2, 0) is 17.7 Å². The Morgan fingerprint density at radius 3 is 2.96 bits per heavy atom. The Hall–Kier alpha value is -2.41.